The Morgan fingerprint density at radius 3 is 2.79 bits per heavy atom. The molecule has 14 heavy (non-hydrogen) atoms. The fourth-order valence-corrected chi connectivity index (χ4v) is 1.10. The molecule has 1 heterocycles. The lowest BCUT2D eigenvalue weighted by molar-refractivity contribution is 0.190. The SMILES string of the molecule is COC[C@H](C)Nc1cc(=O)[nH]c(=O)[nH]1. The van der Waals surface area contributed by atoms with E-state index >= 15 is 0 Å². The molecule has 1 rings (SSSR count). The predicted molar refractivity (Wildman–Crippen MR) is 52.6 cm³/mol. The lowest BCUT2D eigenvalue weighted by Crippen LogP contribution is -2.27. The summed E-state index contributed by atoms with van der Waals surface area (Å²) in [5.41, 5.74) is -0.953. The van der Waals surface area contributed by atoms with Gasteiger partial charge in [-0.25, -0.2) is 4.79 Å². The molecule has 0 aliphatic heterocycles. The molecule has 0 amide bonds. The molecule has 78 valence electrons. The Morgan fingerprint density at radius 2 is 2.21 bits per heavy atom. The van der Waals surface area contributed by atoms with E-state index in [1.165, 1.54) is 6.07 Å². The molecule has 1 aromatic heterocycles. The molecule has 1 aromatic rings. The Bertz CT molecular complexity index is 367. The van der Waals surface area contributed by atoms with Crippen LogP contribution in [-0.4, -0.2) is 29.7 Å². The van der Waals surface area contributed by atoms with Gasteiger partial charge in [0.25, 0.3) is 5.56 Å². The second-order valence-corrected chi connectivity index (χ2v) is 3.00. The molecule has 0 saturated carbocycles. The third-order valence-corrected chi connectivity index (χ3v) is 1.58. The Balaban J connectivity index is 2.76. The van der Waals surface area contributed by atoms with Crippen LogP contribution in [0.3, 0.4) is 0 Å². The number of aromatic amines is 2. The van der Waals surface area contributed by atoms with Gasteiger partial charge in [-0.15, -0.1) is 0 Å². The Labute approximate surface area is 80.3 Å². The zero-order valence-corrected chi connectivity index (χ0v) is 8.09. The van der Waals surface area contributed by atoms with Crippen molar-refractivity contribution in [2.45, 2.75) is 13.0 Å². The van der Waals surface area contributed by atoms with Gasteiger partial charge in [-0.3, -0.25) is 14.8 Å². The van der Waals surface area contributed by atoms with Gasteiger partial charge in [-0.2, -0.15) is 0 Å². The quantitative estimate of drug-likeness (QED) is 0.610. The number of hydrogen-bond acceptors (Lipinski definition) is 4. The zero-order valence-electron chi connectivity index (χ0n) is 8.09. The molecule has 0 unspecified atom stereocenters. The topological polar surface area (TPSA) is 87.0 Å². The predicted octanol–water partition coefficient (Wildman–Crippen LogP) is -0.490. The van der Waals surface area contributed by atoms with Gasteiger partial charge in [0, 0.05) is 19.2 Å². The van der Waals surface area contributed by atoms with Crippen LogP contribution in [0.25, 0.3) is 0 Å². The van der Waals surface area contributed by atoms with Crippen molar-refractivity contribution in [3.8, 4) is 0 Å². The van der Waals surface area contributed by atoms with Crippen LogP contribution in [0.15, 0.2) is 15.7 Å². The first-order valence-electron chi connectivity index (χ1n) is 4.21. The van der Waals surface area contributed by atoms with Gasteiger partial charge in [-0.1, -0.05) is 0 Å². The van der Waals surface area contributed by atoms with Gasteiger partial charge in [-0.05, 0) is 6.92 Å². The number of methoxy groups -OCH3 is 1. The van der Waals surface area contributed by atoms with Gasteiger partial charge >= 0.3 is 5.69 Å². The lowest BCUT2D eigenvalue weighted by Gasteiger charge is -2.12. The van der Waals surface area contributed by atoms with E-state index in [0.717, 1.165) is 0 Å². The molecule has 0 radical (unpaired) electrons. The second-order valence-electron chi connectivity index (χ2n) is 3.00. The van der Waals surface area contributed by atoms with Crippen LogP contribution in [0.4, 0.5) is 5.82 Å². The van der Waals surface area contributed by atoms with E-state index in [9.17, 15) is 9.59 Å². The van der Waals surface area contributed by atoms with Crippen LogP contribution in [0.5, 0.6) is 0 Å². The van der Waals surface area contributed by atoms with Crippen molar-refractivity contribution in [2.75, 3.05) is 19.0 Å². The minimum absolute atomic E-state index is 0.0254. The van der Waals surface area contributed by atoms with Gasteiger partial charge in [0.05, 0.1) is 6.61 Å². The maximum absolute atomic E-state index is 10.9. The van der Waals surface area contributed by atoms with Crippen LogP contribution in [-0.2, 0) is 4.74 Å². The van der Waals surface area contributed by atoms with Crippen molar-refractivity contribution < 1.29 is 4.74 Å². The summed E-state index contributed by atoms with van der Waals surface area (Å²) < 4.78 is 4.90. The molecule has 0 aliphatic rings. The Morgan fingerprint density at radius 1 is 1.50 bits per heavy atom. The summed E-state index contributed by atoms with van der Waals surface area (Å²) in [6.45, 7) is 2.37. The van der Waals surface area contributed by atoms with Crippen molar-refractivity contribution in [1.29, 1.82) is 0 Å². The average molecular weight is 199 g/mol. The monoisotopic (exact) mass is 199 g/mol. The van der Waals surface area contributed by atoms with E-state index in [0.29, 0.717) is 12.4 Å². The molecular formula is C8H13N3O3. The van der Waals surface area contributed by atoms with Crippen LogP contribution in [0, 0.1) is 0 Å². The van der Waals surface area contributed by atoms with Crippen LogP contribution < -0.4 is 16.6 Å². The zero-order chi connectivity index (χ0) is 10.6. The summed E-state index contributed by atoms with van der Waals surface area (Å²) in [4.78, 5) is 26.3. The largest absolute Gasteiger partial charge is 0.383 e. The van der Waals surface area contributed by atoms with Crippen LogP contribution in [0.1, 0.15) is 6.92 Å². The van der Waals surface area contributed by atoms with Crippen molar-refractivity contribution in [3.63, 3.8) is 0 Å². The maximum atomic E-state index is 10.9. The normalized spacial score (nSPS) is 12.4. The first kappa shape index (κ1) is 10.5. The second kappa shape index (κ2) is 4.61. The number of nitrogens with one attached hydrogen (secondary N) is 3. The van der Waals surface area contributed by atoms with Crippen molar-refractivity contribution in [1.82, 2.24) is 9.97 Å². The number of ether oxygens (including phenoxy) is 1. The lowest BCUT2D eigenvalue weighted by atomic mass is 10.3. The van der Waals surface area contributed by atoms with Gasteiger partial charge in [0.1, 0.15) is 5.82 Å². The molecule has 6 heteroatoms. The molecule has 0 aromatic carbocycles. The molecule has 0 fully saturated rings. The van der Waals surface area contributed by atoms with Crippen LogP contribution >= 0.6 is 0 Å². The molecule has 0 saturated heterocycles. The fraction of sp³-hybridized carbons (Fsp3) is 0.500. The van der Waals surface area contributed by atoms with Gasteiger partial charge in [0.15, 0.2) is 0 Å². The number of rotatable bonds is 4. The Kier molecular flexibility index (Phi) is 3.47. The molecule has 3 N–H and O–H groups in total. The Hall–Kier alpha value is -1.56. The highest BCUT2D eigenvalue weighted by Crippen LogP contribution is 1.97. The maximum Gasteiger partial charge on any atom is 0.327 e. The highest BCUT2D eigenvalue weighted by atomic mass is 16.5. The molecule has 0 bridgehead atoms. The molecule has 1 atom stereocenters. The van der Waals surface area contributed by atoms with E-state index in [1.807, 2.05) is 6.92 Å². The van der Waals surface area contributed by atoms with Crippen molar-refractivity contribution in [3.05, 3.63) is 26.9 Å². The van der Waals surface area contributed by atoms with E-state index in [4.69, 9.17) is 4.74 Å². The smallest absolute Gasteiger partial charge is 0.327 e. The summed E-state index contributed by atoms with van der Waals surface area (Å²) in [7, 11) is 1.58. The highest BCUT2D eigenvalue weighted by Gasteiger charge is 2.02. The summed E-state index contributed by atoms with van der Waals surface area (Å²) in [5.74, 6) is 0.392. The van der Waals surface area contributed by atoms with Gasteiger partial charge < -0.3 is 10.1 Å². The minimum atomic E-state index is -0.524. The average Bonchev–Trinajstić information content (AvgIpc) is 2.01. The molecule has 0 spiro atoms. The third kappa shape index (κ3) is 3.06. The number of aromatic nitrogens is 2. The van der Waals surface area contributed by atoms with E-state index in [1.54, 1.807) is 7.11 Å². The molecular weight excluding hydrogens is 186 g/mol. The fourth-order valence-electron chi connectivity index (χ4n) is 1.10. The van der Waals surface area contributed by atoms with E-state index < -0.39 is 11.2 Å². The van der Waals surface area contributed by atoms with E-state index in [2.05, 4.69) is 15.3 Å². The van der Waals surface area contributed by atoms with Crippen LogP contribution in [0.2, 0.25) is 0 Å². The first-order chi connectivity index (χ1) is 6.61. The standard InChI is InChI=1S/C8H13N3O3/c1-5(4-14-2)9-6-3-7(12)11-8(13)10-6/h3,5H,4H2,1-2H3,(H3,9,10,11,12,13)/t5-/m0/s1. The first-order valence-corrected chi connectivity index (χ1v) is 4.21. The third-order valence-electron chi connectivity index (χ3n) is 1.58. The number of anilines is 1. The number of hydrogen-bond donors (Lipinski definition) is 3. The van der Waals surface area contributed by atoms with E-state index in [-0.39, 0.29) is 6.04 Å². The van der Waals surface area contributed by atoms with Gasteiger partial charge in [0.2, 0.25) is 0 Å². The van der Waals surface area contributed by atoms with Crippen molar-refractivity contribution in [2.24, 2.45) is 0 Å². The summed E-state index contributed by atoms with van der Waals surface area (Å²) >= 11 is 0. The molecule has 6 nitrogen and oxygen atoms in total. The summed E-state index contributed by atoms with van der Waals surface area (Å²) in [6, 6.07) is 1.31. The number of H-pyrrole nitrogens is 2. The highest BCUT2D eigenvalue weighted by molar-refractivity contribution is 5.32. The molecule has 0 aliphatic carbocycles. The van der Waals surface area contributed by atoms with Crippen molar-refractivity contribution >= 4 is 5.82 Å². The minimum Gasteiger partial charge on any atom is -0.383 e. The summed E-state index contributed by atoms with van der Waals surface area (Å²) in [6.07, 6.45) is 0. The summed E-state index contributed by atoms with van der Waals surface area (Å²) in [5, 5.41) is 2.92.